The molecular formula is C28H24F3NO3S. The number of alkyl halides is 3. The normalized spacial score (nSPS) is 14.1. The second-order valence-corrected chi connectivity index (χ2v) is 9.86. The minimum atomic E-state index is -4.47. The summed E-state index contributed by atoms with van der Waals surface area (Å²) in [5, 5.41) is 10.7. The number of nitrogens with zero attached hydrogens (tertiary/aromatic N) is 1. The van der Waals surface area contributed by atoms with Crippen LogP contribution in [0, 0.1) is 0 Å². The van der Waals surface area contributed by atoms with Gasteiger partial charge in [0.25, 0.3) is 0 Å². The lowest BCUT2D eigenvalue weighted by Crippen LogP contribution is -2.38. The molecule has 1 aliphatic rings. The van der Waals surface area contributed by atoms with Crippen LogP contribution in [-0.4, -0.2) is 42.0 Å². The summed E-state index contributed by atoms with van der Waals surface area (Å²) < 4.78 is 45.5. The fourth-order valence-corrected chi connectivity index (χ4v) is 5.49. The first-order chi connectivity index (χ1) is 17.3. The summed E-state index contributed by atoms with van der Waals surface area (Å²) in [6, 6.07) is 16.6. The number of hydrogen-bond donors (Lipinski definition) is 1. The predicted octanol–water partition coefficient (Wildman–Crippen LogP) is 7.00. The molecule has 0 aliphatic carbocycles. The van der Waals surface area contributed by atoms with E-state index in [1.54, 1.807) is 18.2 Å². The molecule has 2 heterocycles. The van der Waals surface area contributed by atoms with E-state index in [2.05, 4.69) is 4.90 Å². The van der Waals surface area contributed by atoms with Gasteiger partial charge in [0.1, 0.15) is 11.5 Å². The van der Waals surface area contributed by atoms with Gasteiger partial charge in [-0.25, -0.2) is 0 Å². The molecule has 4 aromatic rings. The number of halogens is 3. The molecule has 0 saturated carbocycles. The molecule has 0 amide bonds. The average molecular weight is 512 g/mol. The van der Waals surface area contributed by atoms with E-state index in [0.717, 1.165) is 54.9 Å². The quantitative estimate of drug-likeness (QED) is 0.204. The van der Waals surface area contributed by atoms with Crippen LogP contribution in [0.2, 0.25) is 0 Å². The first-order valence-corrected chi connectivity index (χ1v) is 12.5. The molecule has 8 heteroatoms. The van der Waals surface area contributed by atoms with Gasteiger partial charge in [0, 0.05) is 27.8 Å². The monoisotopic (exact) mass is 511 g/mol. The Hall–Kier alpha value is -3.36. The number of benzene rings is 3. The van der Waals surface area contributed by atoms with Gasteiger partial charge >= 0.3 is 6.18 Å². The van der Waals surface area contributed by atoms with Crippen LogP contribution in [0.5, 0.6) is 11.5 Å². The van der Waals surface area contributed by atoms with E-state index < -0.39 is 11.7 Å². The van der Waals surface area contributed by atoms with Crippen LogP contribution in [0.1, 0.15) is 33.6 Å². The summed E-state index contributed by atoms with van der Waals surface area (Å²) in [7, 11) is 0. The smallest absolute Gasteiger partial charge is 0.416 e. The van der Waals surface area contributed by atoms with Crippen LogP contribution < -0.4 is 4.74 Å². The number of likely N-dealkylation sites (tertiary alicyclic amines) is 1. The second kappa shape index (κ2) is 9.95. The standard InChI is InChI=1S/C28H24F3NO3S/c29-28(30,31)20-7-3-19(4-8-20)26(34)27-25(23-12-9-21(33)17-24(23)36-27)18-5-10-22(11-6-18)35-16-2-15-32-13-1-14-32/h3-12,17,33H,1-2,13-16H2. The van der Waals surface area contributed by atoms with E-state index >= 15 is 0 Å². The highest BCUT2D eigenvalue weighted by Gasteiger charge is 2.30. The highest BCUT2D eigenvalue weighted by Crippen LogP contribution is 2.42. The molecule has 1 saturated heterocycles. The highest BCUT2D eigenvalue weighted by molar-refractivity contribution is 7.21. The van der Waals surface area contributed by atoms with Crippen molar-refractivity contribution < 1.29 is 27.8 Å². The minimum Gasteiger partial charge on any atom is -0.508 e. The van der Waals surface area contributed by atoms with Crippen molar-refractivity contribution in [3.8, 4) is 22.6 Å². The largest absolute Gasteiger partial charge is 0.508 e. The van der Waals surface area contributed by atoms with Crippen LogP contribution in [0.25, 0.3) is 21.2 Å². The van der Waals surface area contributed by atoms with Gasteiger partial charge in [0.2, 0.25) is 5.78 Å². The molecule has 36 heavy (non-hydrogen) atoms. The Labute approximate surface area is 210 Å². The number of phenols is 1. The van der Waals surface area contributed by atoms with Crippen molar-refractivity contribution in [2.45, 2.75) is 19.0 Å². The van der Waals surface area contributed by atoms with Crippen molar-refractivity contribution in [2.75, 3.05) is 26.2 Å². The number of fused-ring (bicyclic) bond motifs is 1. The zero-order valence-electron chi connectivity index (χ0n) is 19.3. The summed E-state index contributed by atoms with van der Waals surface area (Å²) in [6.45, 7) is 3.97. The Kier molecular flexibility index (Phi) is 6.73. The van der Waals surface area contributed by atoms with Crippen LogP contribution in [-0.2, 0) is 6.18 Å². The van der Waals surface area contributed by atoms with Crippen LogP contribution in [0.3, 0.4) is 0 Å². The molecule has 4 nitrogen and oxygen atoms in total. The van der Waals surface area contributed by atoms with E-state index in [4.69, 9.17) is 4.74 Å². The molecule has 1 N–H and O–H groups in total. The fraction of sp³-hybridized carbons (Fsp3) is 0.250. The van der Waals surface area contributed by atoms with Crippen LogP contribution in [0.4, 0.5) is 13.2 Å². The van der Waals surface area contributed by atoms with Crippen molar-refractivity contribution >= 4 is 27.2 Å². The van der Waals surface area contributed by atoms with Crippen molar-refractivity contribution in [3.05, 3.63) is 82.7 Å². The first-order valence-electron chi connectivity index (χ1n) is 11.7. The molecule has 1 aromatic heterocycles. The molecule has 0 unspecified atom stereocenters. The molecule has 0 radical (unpaired) electrons. The maximum atomic E-state index is 13.4. The Morgan fingerprint density at radius 2 is 1.72 bits per heavy atom. The predicted molar refractivity (Wildman–Crippen MR) is 135 cm³/mol. The fourth-order valence-electron chi connectivity index (χ4n) is 4.27. The third-order valence-corrected chi connectivity index (χ3v) is 7.48. The third-order valence-electron chi connectivity index (χ3n) is 6.33. The summed E-state index contributed by atoms with van der Waals surface area (Å²) in [6.07, 6.45) is -2.25. The number of aromatic hydroxyl groups is 1. The SMILES string of the molecule is O=C(c1ccc(C(F)(F)F)cc1)c1sc2cc(O)ccc2c1-c1ccc(OCCCN2CCC2)cc1. The van der Waals surface area contributed by atoms with Crippen LogP contribution >= 0.6 is 11.3 Å². The lowest BCUT2D eigenvalue weighted by atomic mass is 9.97. The average Bonchev–Trinajstić information content (AvgIpc) is 3.20. The molecule has 0 bridgehead atoms. The van der Waals surface area contributed by atoms with Gasteiger partial charge in [-0.05, 0) is 74.0 Å². The molecule has 1 aliphatic heterocycles. The van der Waals surface area contributed by atoms with Gasteiger partial charge < -0.3 is 14.7 Å². The number of carbonyl (C=O) groups is 1. The van der Waals surface area contributed by atoms with Crippen molar-refractivity contribution in [1.29, 1.82) is 0 Å². The third kappa shape index (κ3) is 5.10. The summed E-state index contributed by atoms with van der Waals surface area (Å²) in [5.41, 5.74) is 0.836. The van der Waals surface area contributed by atoms with E-state index in [1.807, 2.05) is 24.3 Å². The number of ether oxygens (including phenoxy) is 1. The zero-order chi connectivity index (χ0) is 25.3. The maximum Gasteiger partial charge on any atom is 0.416 e. The lowest BCUT2D eigenvalue weighted by molar-refractivity contribution is -0.137. The number of hydrogen-bond acceptors (Lipinski definition) is 5. The van der Waals surface area contributed by atoms with E-state index in [-0.39, 0.29) is 17.1 Å². The summed E-state index contributed by atoms with van der Waals surface area (Å²) >= 11 is 1.21. The Morgan fingerprint density at radius 1 is 1.00 bits per heavy atom. The summed E-state index contributed by atoms with van der Waals surface area (Å²) in [5.74, 6) is 0.437. The molecule has 186 valence electrons. The molecule has 0 atom stereocenters. The molecule has 5 rings (SSSR count). The molecule has 1 fully saturated rings. The van der Waals surface area contributed by atoms with Crippen LogP contribution in [0.15, 0.2) is 66.7 Å². The zero-order valence-corrected chi connectivity index (χ0v) is 20.2. The van der Waals surface area contributed by atoms with Gasteiger partial charge in [-0.15, -0.1) is 11.3 Å². The van der Waals surface area contributed by atoms with Crippen molar-refractivity contribution in [3.63, 3.8) is 0 Å². The Bertz CT molecular complexity index is 1370. The van der Waals surface area contributed by atoms with E-state index in [1.165, 1.54) is 29.9 Å². The van der Waals surface area contributed by atoms with Gasteiger partial charge in [-0.1, -0.05) is 24.3 Å². The molecular weight excluding hydrogens is 487 g/mol. The lowest BCUT2D eigenvalue weighted by Gasteiger charge is -2.30. The van der Waals surface area contributed by atoms with Gasteiger partial charge in [-0.3, -0.25) is 4.79 Å². The van der Waals surface area contributed by atoms with E-state index in [9.17, 15) is 23.1 Å². The Morgan fingerprint density at radius 3 is 2.36 bits per heavy atom. The number of phenolic OH excluding ortho intramolecular Hbond substituents is 1. The Balaban J connectivity index is 1.42. The first kappa shape index (κ1) is 24.3. The number of ketones is 1. The number of carbonyl (C=O) groups excluding carboxylic acids is 1. The van der Waals surface area contributed by atoms with Gasteiger partial charge in [-0.2, -0.15) is 13.2 Å². The molecule has 0 spiro atoms. The summed E-state index contributed by atoms with van der Waals surface area (Å²) in [4.78, 5) is 16.2. The number of thiophene rings is 1. The van der Waals surface area contributed by atoms with E-state index in [0.29, 0.717) is 21.7 Å². The second-order valence-electron chi connectivity index (χ2n) is 8.81. The highest BCUT2D eigenvalue weighted by atomic mass is 32.1. The van der Waals surface area contributed by atoms with Gasteiger partial charge in [0.15, 0.2) is 0 Å². The van der Waals surface area contributed by atoms with Gasteiger partial charge in [0.05, 0.1) is 17.0 Å². The van der Waals surface area contributed by atoms with Crippen molar-refractivity contribution in [2.24, 2.45) is 0 Å². The number of rotatable bonds is 8. The minimum absolute atomic E-state index is 0.0748. The maximum absolute atomic E-state index is 13.4. The van der Waals surface area contributed by atoms with Crippen molar-refractivity contribution in [1.82, 2.24) is 4.90 Å². The molecule has 3 aromatic carbocycles. The topological polar surface area (TPSA) is 49.8 Å².